The molecule has 0 amide bonds. The molecule has 5 rings (SSSR count). The Morgan fingerprint density at radius 2 is 2.00 bits per heavy atom. The molecule has 5 nitrogen and oxygen atoms in total. The van der Waals surface area contributed by atoms with Gasteiger partial charge in [-0.05, 0) is 65.6 Å². The predicted molar refractivity (Wildman–Crippen MR) is 112 cm³/mol. The number of hydrogen-bond acceptors (Lipinski definition) is 6. The van der Waals surface area contributed by atoms with Gasteiger partial charge in [0.2, 0.25) is 0 Å². The molecule has 1 aliphatic heterocycles. The van der Waals surface area contributed by atoms with Gasteiger partial charge in [0.15, 0.2) is 0 Å². The van der Waals surface area contributed by atoms with E-state index < -0.39 is 0 Å². The van der Waals surface area contributed by atoms with Crippen LogP contribution < -0.4 is 15.2 Å². The third kappa shape index (κ3) is 3.05. The summed E-state index contributed by atoms with van der Waals surface area (Å²) < 4.78 is 12.5. The fourth-order valence-corrected chi connectivity index (χ4v) is 4.67. The van der Waals surface area contributed by atoms with Crippen molar-refractivity contribution in [1.82, 2.24) is 9.97 Å². The van der Waals surface area contributed by atoms with Crippen molar-refractivity contribution in [2.75, 3.05) is 19.5 Å². The number of benzene rings is 2. The number of aromatic nitrogens is 2. The quantitative estimate of drug-likeness (QED) is 0.551. The van der Waals surface area contributed by atoms with Gasteiger partial charge in [0, 0.05) is 12.1 Å². The Kier molecular flexibility index (Phi) is 4.13. The van der Waals surface area contributed by atoms with Gasteiger partial charge in [-0.1, -0.05) is 6.07 Å². The first-order valence-electron chi connectivity index (χ1n) is 9.12. The zero-order chi connectivity index (χ0) is 19.1. The molecule has 2 N–H and O–H groups in total. The summed E-state index contributed by atoms with van der Waals surface area (Å²) in [7, 11) is 1.68. The number of nitrogens with two attached hydrogens (primary N) is 1. The smallest absolute Gasteiger partial charge is 0.123 e. The maximum Gasteiger partial charge on any atom is 0.123 e. The molecule has 2 aromatic carbocycles. The fraction of sp³-hybridized carbons (Fsp3) is 0.182. The van der Waals surface area contributed by atoms with E-state index in [9.17, 15) is 0 Å². The van der Waals surface area contributed by atoms with Crippen molar-refractivity contribution >= 4 is 27.4 Å². The van der Waals surface area contributed by atoms with Crippen LogP contribution in [0, 0.1) is 0 Å². The minimum atomic E-state index is 0.247. The van der Waals surface area contributed by atoms with Crippen LogP contribution in [-0.4, -0.2) is 23.7 Å². The predicted octanol–water partition coefficient (Wildman–Crippen LogP) is 4.67. The molecule has 1 aliphatic rings. The number of pyridine rings is 1. The van der Waals surface area contributed by atoms with E-state index in [1.807, 2.05) is 24.3 Å². The molecule has 28 heavy (non-hydrogen) atoms. The molecule has 6 heteroatoms. The van der Waals surface area contributed by atoms with Crippen molar-refractivity contribution in [3.05, 3.63) is 65.3 Å². The molecule has 0 bridgehead atoms. The molecular formula is C22H19N3O2S. The summed E-state index contributed by atoms with van der Waals surface area (Å²) in [6.45, 7) is 0.646. The van der Waals surface area contributed by atoms with Gasteiger partial charge < -0.3 is 15.2 Å². The van der Waals surface area contributed by atoms with E-state index in [4.69, 9.17) is 20.2 Å². The number of anilines is 1. The topological polar surface area (TPSA) is 70.3 Å². The lowest BCUT2D eigenvalue weighted by atomic mass is 9.97. The van der Waals surface area contributed by atoms with E-state index in [1.165, 1.54) is 10.3 Å². The molecule has 0 saturated carbocycles. The summed E-state index contributed by atoms with van der Waals surface area (Å²) in [5.41, 5.74) is 10.2. The molecule has 0 saturated heterocycles. The Labute approximate surface area is 166 Å². The van der Waals surface area contributed by atoms with Gasteiger partial charge in [-0.2, -0.15) is 0 Å². The minimum Gasteiger partial charge on any atom is -0.497 e. The summed E-state index contributed by atoms with van der Waals surface area (Å²) in [4.78, 5) is 8.94. The Bertz CT molecular complexity index is 1170. The summed E-state index contributed by atoms with van der Waals surface area (Å²) in [5, 5.41) is 1.11. The highest BCUT2D eigenvalue weighted by molar-refractivity contribution is 7.18. The van der Waals surface area contributed by atoms with Crippen molar-refractivity contribution in [2.45, 2.75) is 12.3 Å². The number of fused-ring (bicyclic) bond motifs is 2. The van der Waals surface area contributed by atoms with Crippen LogP contribution in [0.4, 0.5) is 5.82 Å². The third-order valence-electron chi connectivity index (χ3n) is 5.04. The van der Waals surface area contributed by atoms with E-state index in [-0.39, 0.29) is 5.92 Å². The van der Waals surface area contributed by atoms with Crippen LogP contribution in [0.15, 0.2) is 54.7 Å². The molecule has 0 spiro atoms. The molecule has 2 aromatic heterocycles. The van der Waals surface area contributed by atoms with Crippen LogP contribution in [0.3, 0.4) is 0 Å². The average Bonchev–Trinajstić information content (AvgIpc) is 3.16. The van der Waals surface area contributed by atoms with Crippen LogP contribution in [0.2, 0.25) is 0 Å². The van der Waals surface area contributed by atoms with Crippen LogP contribution >= 0.6 is 11.3 Å². The molecular weight excluding hydrogens is 370 g/mol. The third-order valence-corrected chi connectivity index (χ3v) is 6.22. The number of rotatable bonds is 3. The van der Waals surface area contributed by atoms with Crippen molar-refractivity contribution in [2.24, 2.45) is 0 Å². The fourth-order valence-electron chi connectivity index (χ4n) is 3.58. The normalized spacial score (nSPS) is 15.8. The summed E-state index contributed by atoms with van der Waals surface area (Å²) in [5.74, 6) is 2.57. The first-order chi connectivity index (χ1) is 13.7. The van der Waals surface area contributed by atoms with Gasteiger partial charge >= 0.3 is 0 Å². The summed E-state index contributed by atoms with van der Waals surface area (Å²) in [6.07, 6.45) is 2.64. The molecule has 0 aliphatic carbocycles. The van der Waals surface area contributed by atoms with E-state index in [0.717, 1.165) is 39.6 Å². The Morgan fingerprint density at radius 3 is 2.86 bits per heavy atom. The second-order valence-corrected chi connectivity index (χ2v) is 7.95. The SMILES string of the molecule is COc1ccc2c(c1)CC(c1nc3ccc(-c4ccnc(N)c4)cc3s1)CO2. The van der Waals surface area contributed by atoms with Crippen molar-refractivity contribution in [3.63, 3.8) is 0 Å². The van der Waals surface area contributed by atoms with Gasteiger partial charge in [-0.25, -0.2) is 9.97 Å². The van der Waals surface area contributed by atoms with Crippen LogP contribution in [0.25, 0.3) is 21.3 Å². The maximum absolute atomic E-state index is 5.98. The lowest BCUT2D eigenvalue weighted by Gasteiger charge is -2.24. The molecule has 1 atom stereocenters. The minimum absolute atomic E-state index is 0.247. The van der Waals surface area contributed by atoms with Crippen LogP contribution in [0.1, 0.15) is 16.5 Å². The lowest BCUT2D eigenvalue weighted by molar-refractivity contribution is 0.261. The van der Waals surface area contributed by atoms with Crippen LogP contribution in [0.5, 0.6) is 11.5 Å². The molecule has 4 aromatic rings. The zero-order valence-electron chi connectivity index (χ0n) is 15.4. The van der Waals surface area contributed by atoms with Crippen molar-refractivity contribution < 1.29 is 9.47 Å². The monoisotopic (exact) mass is 389 g/mol. The standard InChI is InChI=1S/C22H19N3O2S/c1-26-17-3-5-19-15(9-17)8-16(12-27-19)22-25-18-4-2-13(10-20(18)28-22)14-6-7-24-21(23)11-14/h2-7,9-11,16H,8,12H2,1H3,(H2,23,24). The number of nitrogens with zero attached hydrogens (tertiary/aromatic N) is 2. The Morgan fingerprint density at radius 1 is 1.11 bits per heavy atom. The van der Waals surface area contributed by atoms with Gasteiger partial charge in [-0.15, -0.1) is 11.3 Å². The van der Waals surface area contributed by atoms with E-state index >= 15 is 0 Å². The Hall–Kier alpha value is -3.12. The van der Waals surface area contributed by atoms with E-state index in [2.05, 4.69) is 29.2 Å². The summed E-state index contributed by atoms with van der Waals surface area (Å²) in [6, 6.07) is 16.2. The maximum atomic E-state index is 5.98. The molecule has 1 unspecified atom stereocenters. The number of thiazole rings is 1. The first kappa shape index (κ1) is 17.0. The number of methoxy groups -OCH3 is 1. The second kappa shape index (κ2) is 6.80. The zero-order valence-corrected chi connectivity index (χ0v) is 16.2. The van der Waals surface area contributed by atoms with Gasteiger partial charge in [0.05, 0.1) is 23.9 Å². The molecule has 3 heterocycles. The second-order valence-electron chi connectivity index (χ2n) is 6.89. The highest BCUT2D eigenvalue weighted by Crippen LogP contribution is 2.38. The largest absolute Gasteiger partial charge is 0.497 e. The lowest BCUT2D eigenvalue weighted by Crippen LogP contribution is -2.19. The molecule has 0 radical (unpaired) electrons. The van der Waals surface area contributed by atoms with E-state index in [0.29, 0.717) is 12.4 Å². The number of nitrogen functional groups attached to an aromatic ring is 1. The van der Waals surface area contributed by atoms with Gasteiger partial charge in [0.1, 0.15) is 22.3 Å². The van der Waals surface area contributed by atoms with Gasteiger partial charge in [0.25, 0.3) is 0 Å². The van der Waals surface area contributed by atoms with Crippen LogP contribution in [-0.2, 0) is 6.42 Å². The van der Waals surface area contributed by atoms with E-state index in [1.54, 1.807) is 24.6 Å². The average molecular weight is 389 g/mol. The molecule has 140 valence electrons. The highest BCUT2D eigenvalue weighted by atomic mass is 32.1. The first-order valence-corrected chi connectivity index (χ1v) is 9.93. The highest BCUT2D eigenvalue weighted by Gasteiger charge is 2.24. The molecule has 0 fully saturated rings. The van der Waals surface area contributed by atoms with Crippen molar-refractivity contribution in [1.29, 1.82) is 0 Å². The number of hydrogen-bond donors (Lipinski definition) is 1. The van der Waals surface area contributed by atoms with Gasteiger partial charge in [-0.3, -0.25) is 0 Å². The Balaban J connectivity index is 1.47. The van der Waals surface area contributed by atoms with Crippen molar-refractivity contribution in [3.8, 4) is 22.6 Å². The number of ether oxygens (including phenoxy) is 2. The summed E-state index contributed by atoms with van der Waals surface area (Å²) >= 11 is 1.73.